The van der Waals surface area contributed by atoms with Crippen LogP contribution < -0.4 is 4.90 Å². The van der Waals surface area contributed by atoms with Crippen LogP contribution in [0.15, 0.2) is 12.1 Å². The molecule has 2 amide bonds. The summed E-state index contributed by atoms with van der Waals surface area (Å²) in [5, 5.41) is 0. The summed E-state index contributed by atoms with van der Waals surface area (Å²) in [5.41, 5.74) is 3.40. The van der Waals surface area contributed by atoms with Crippen molar-refractivity contribution in [3.05, 3.63) is 28.8 Å². The molecule has 28 heavy (non-hydrogen) atoms. The molecule has 0 saturated heterocycles. The standard InChI is InChI=1S/C24H36N2O2/c1-15(2)26(19-10-8-16(3)9-11-19)22(27)20-13-21-18(12-17(20)4)14-24(5,6)23(28)25(21)7/h12-13,15-16,19H,8-11,14H2,1-7H3. The average molecular weight is 385 g/mol. The smallest absolute Gasteiger partial charge is 0.254 e. The first-order valence-electron chi connectivity index (χ1n) is 10.8. The Labute approximate surface area is 170 Å². The van der Waals surface area contributed by atoms with Gasteiger partial charge in [0.2, 0.25) is 5.91 Å². The number of nitrogens with zero attached hydrogens (tertiary/aromatic N) is 2. The number of amides is 2. The van der Waals surface area contributed by atoms with Gasteiger partial charge in [0, 0.05) is 35.8 Å². The van der Waals surface area contributed by atoms with E-state index >= 15 is 0 Å². The number of carbonyl (C=O) groups is 2. The zero-order chi connectivity index (χ0) is 20.8. The van der Waals surface area contributed by atoms with Crippen molar-refractivity contribution < 1.29 is 9.59 Å². The Morgan fingerprint density at radius 3 is 2.36 bits per heavy atom. The molecule has 0 atom stereocenters. The van der Waals surface area contributed by atoms with Gasteiger partial charge in [-0.1, -0.05) is 26.8 Å². The molecule has 0 radical (unpaired) electrons. The van der Waals surface area contributed by atoms with Crippen molar-refractivity contribution in [3.63, 3.8) is 0 Å². The van der Waals surface area contributed by atoms with Crippen molar-refractivity contribution in [2.24, 2.45) is 11.3 Å². The maximum Gasteiger partial charge on any atom is 0.254 e. The molecule has 2 aliphatic rings. The molecular weight excluding hydrogens is 348 g/mol. The number of rotatable bonds is 3. The van der Waals surface area contributed by atoms with E-state index in [9.17, 15) is 9.59 Å². The summed E-state index contributed by atoms with van der Waals surface area (Å²) in [5.74, 6) is 0.985. The predicted octanol–water partition coefficient (Wildman–Crippen LogP) is 4.97. The van der Waals surface area contributed by atoms with Gasteiger partial charge in [-0.2, -0.15) is 0 Å². The molecule has 1 heterocycles. The second-order valence-electron chi connectivity index (χ2n) is 9.94. The van der Waals surface area contributed by atoms with Crippen LogP contribution in [0.3, 0.4) is 0 Å². The zero-order valence-electron chi connectivity index (χ0n) is 18.6. The third-order valence-corrected chi connectivity index (χ3v) is 6.70. The number of anilines is 1. The van der Waals surface area contributed by atoms with Crippen LogP contribution in [0.2, 0.25) is 0 Å². The molecule has 1 fully saturated rings. The summed E-state index contributed by atoms with van der Waals surface area (Å²) in [6.07, 6.45) is 5.27. The van der Waals surface area contributed by atoms with Crippen LogP contribution in [0.5, 0.6) is 0 Å². The second kappa shape index (κ2) is 7.53. The first-order chi connectivity index (χ1) is 13.0. The molecule has 0 bridgehead atoms. The van der Waals surface area contributed by atoms with E-state index in [1.807, 2.05) is 33.9 Å². The Bertz CT molecular complexity index is 773. The summed E-state index contributed by atoms with van der Waals surface area (Å²) < 4.78 is 0. The molecule has 0 aromatic heterocycles. The SMILES string of the molecule is Cc1cc2c(cc1C(=O)N(C(C)C)C1CCC(C)CC1)N(C)C(=O)C(C)(C)C2. The highest BCUT2D eigenvalue weighted by Crippen LogP contribution is 2.38. The summed E-state index contributed by atoms with van der Waals surface area (Å²) >= 11 is 0. The van der Waals surface area contributed by atoms with Crippen molar-refractivity contribution >= 4 is 17.5 Å². The van der Waals surface area contributed by atoms with E-state index in [0.29, 0.717) is 6.04 Å². The molecule has 1 aromatic carbocycles. The monoisotopic (exact) mass is 384 g/mol. The summed E-state index contributed by atoms with van der Waals surface area (Å²) in [7, 11) is 1.83. The molecule has 4 heteroatoms. The molecule has 1 aliphatic carbocycles. The van der Waals surface area contributed by atoms with Crippen LogP contribution in [0.4, 0.5) is 5.69 Å². The fourth-order valence-corrected chi connectivity index (χ4v) is 5.04. The summed E-state index contributed by atoms with van der Waals surface area (Å²) in [6, 6.07) is 4.56. The van der Waals surface area contributed by atoms with Crippen molar-refractivity contribution in [2.45, 2.75) is 85.7 Å². The molecule has 0 spiro atoms. The van der Waals surface area contributed by atoms with Gasteiger partial charge in [0.05, 0.1) is 0 Å². The molecular formula is C24H36N2O2. The first-order valence-corrected chi connectivity index (χ1v) is 10.8. The van der Waals surface area contributed by atoms with Gasteiger partial charge in [0.15, 0.2) is 0 Å². The van der Waals surface area contributed by atoms with Gasteiger partial charge in [-0.3, -0.25) is 9.59 Å². The number of benzene rings is 1. The summed E-state index contributed by atoms with van der Waals surface area (Å²) in [6.45, 7) is 12.5. The van der Waals surface area contributed by atoms with Crippen molar-refractivity contribution in [2.75, 3.05) is 11.9 Å². The Hall–Kier alpha value is -1.84. The third-order valence-electron chi connectivity index (χ3n) is 6.70. The number of fused-ring (bicyclic) bond motifs is 1. The number of aryl methyl sites for hydroxylation is 1. The fraction of sp³-hybridized carbons (Fsp3) is 0.667. The Morgan fingerprint density at radius 2 is 1.79 bits per heavy atom. The lowest BCUT2D eigenvalue weighted by molar-refractivity contribution is -0.126. The van der Waals surface area contributed by atoms with Crippen LogP contribution in [0.25, 0.3) is 0 Å². The van der Waals surface area contributed by atoms with Crippen LogP contribution >= 0.6 is 0 Å². The first kappa shape index (κ1) is 20.9. The topological polar surface area (TPSA) is 40.6 Å². The highest BCUT2D eigenvalue weighted by Gasteiger charge is 2.38. The minimum absolute atomic E-state index is 0.112. The molecule has 154 valence electrons. The Morgan fingerprint density at radius 1 is 1.18 bits per heavy atom. The predicted molar refractivity (Wildman–Crippen MR) is 115 cm³/mol. The van der Waals surface area contributed by atoms with Crippen molar-refractivity contribution in [1.82, 2.24) is 4.90 Å². The molecule has 3 rings (SSSR count). The van der Waals surface area contributed by atoms with Gasteiger partial charge in [-0.15, -0.1) is 0 Å². The normalized spacial score (nSPS) is 24.3. The lowest BCUT2D eigenvalue weighted by Gasteiger charge is -2.40. The lowest BCUT2D eigenvalue weighted by atomic mass is 9.79. The van der Waals surface area contributed by atoms with E-state index in [1.165, 1.54) is 12.8 Å². The van der Waals surface area contributed by atoms with Crippen LogP contribution in [-0.4, -0.2) is 35.8 Å². The fourth-order valence-electron chi connectivity index (χ4n) is 5.04. The summed E-state index contributed by atoms with van der Waals surface area (Å²) in [4.78, 5) is 30.2. The maximum absolute atomic E-state index is 13.6. The zero-order valence-corrected chi connectivity index (χ0v) is 18.6. The quantitative estimate of drug-likeness (QED) is 0.738. The minimum atomic E-state index is -0.400. The molecule has 0 unspecified atom stereocenters. The molecule has 0 N–H and O–H groups in total. The van der Waals surface area contributed by atoms with Crippen molar-refractivity contribution in [3.8, 4) is 0 Å². The molecule has 1 saturated carbocycles. The van der Waals surface area contributed by atoms with E-state index in [1.54, 1.807) is 4.90 Å². The average Bonchev–Trinajstić information content (AvgIpc) is 2.60. The second-order valence-corrected chi connectivity index (χ2v) is 9.94. The molecule has 4 nitrogen and oxygen atoms in total. The van der Waals surface area contributed by atoms with Crippen molar-refractivity contribution in [1.29, 1.82) is 0 Å². The minimum Gasteiger partial charge on any atom is -0.333 e. The highest BCUT2D eigenvalue weighted by molar-refractivity contribution is 6.03. The maximum atomic E-state index is 13.6. The van der Waals surface area contributed by atoms with Gasteiger partial charge in [0.1, 0.15) is 0 Å². The van der Waals surface area contributed by atoms with Gasteiger partial charge < -0.3 is 9.80 Å². The highest BCUT2D eigenvalue weighted by atomic mass is 16.2. The van der Waals surface area contributed by atoms with Gasteiger partial charge >= 0.3 is 0 Å². The van der Waals surface area contributed by atoms with Crippen LogP contribution in [0, 0.1) is 18.3 Å². The Kier molecular flexibility index (Phi) is 5.62. The Balaban J connectivity index is 1.96. The van der Waals surface area contributed by atoms with Gasteiger partial charge in [-0.25, -0.2) is 0 Å². The van der Waals surface area contributed by atoms with E-state index < -0.39 is 5.41 Å². The third kappa shape index (κ3) is 3.70. The van der Waals surface area contributed by atoms with E-state index in [2.05, 4.69) is 31.7 Å². The van der Waals surface area contributed by atoms with Gasteiger partial charge in [-0.05, 0) is 76.0 Å². The van der Waals surface area contributed by atoms with Crippen LogP contribution in [-0.2, 0) is 11.2 Å². The lowest BCUT2D eigenvalue weighted by Crippen LogP contribution is -2.47. The number of hydrogen-bond donors (Lipinski definition) is 0. The van der Waals surface area contributed by atoms with E-state index in [4.69, 9.17) is 0 Å². The van der Waals surface area contributed by atoms with Crippen LogP contribution in [0.1, 0.15) is 81.8 Å². The number of carbonyl (C=O) groups excluding carboxylic acids is 2. The molecule has 1 aromatic rings. The number of hydrogen-bond acceptors (Lipinski definition) is 2. The molecule has 1 aliphatic heterocycles. The van der Waals surface area contributed by atoms with Gasteiger partial charge in [0.25, 0.3) is 5.91 Å². The largest absolute Gasteiger partial charge is 0.333 e. The van der Waals surface area contributed by atoms with E-state index in [-0.39, 0.29) is 17.9 Å². The van der Waals surface area contributed by atoms with E-state index in [0.717, 1.165) is 47.6 Å².